The van der Waals surface area contributed by atoms with Gasteiger partial charge in [-0.3, -0.25) is 4.79 Å². The van der Waals surface area contributed by atoms with Gasteiger partial charge in [-0.05, 0) is 6.42 Å². The first kappa shape index (κ1) is 53.7. The van der Waals surface area contributed by atoms with Crippen molar-refractivity contribution in [3.8, 4) is 0 Å². The Balaban J connectivity index is -0.000000118. The third-order valence-electron chi connectivity index (χ3n) is 5.99. The molecule has 0 radical (unpaired) electrons. The minimum Gasteiger partial charge on any atom is -0.854 e. The Morgan fingerprint density at radius 2 is 0.585 bits per heavy atom. The van der Waals surface area contributed by atoms with Gasteiger partial charge in [-0.2, -0.15) is 0 Å². The van der Waals surface area contributed by atoms with E-state index in [9.17, 15) is 25.2 Å². The molecular formula is C34H72O6Zr. The number of carboxylic acid groups (broad SMARTS) is 1. The Bertz CT molecular complexity index is 341. The first-order valence-corrected chi connectivity index (χ1v) is 17.0. The van der Waals surface area contributed by atoms with Gasteiger partial charge in [-0.15, -0.1) is 26.4 Å². The van der Waals surface area contributed by atoms with Crippen LogP contribution in [0.15, 0.2) is 0 Å². The zero-order valence-electron chi connectivity index (χ0n) is 28.3. The maximum atomic E-state index is 10.3. The third kappa shape index (κ3) is 92.4. The molecule has 0 spiro atoms. The second-order valence-corrected chi connectivity index (χ2v) is 10.3. The molecule has 0 atom stereocenters. The van der Waals surface area contributed by atoms with Crippen molar-refractivity contribution in [1.82, 2.24) is 0 Å². The summed E-state index contributed by atoms with van der Waals surface area (Å²) in [6, 6.07) is 0. The molecule has 0 aliphatic rings. The minimum absolute atomic E-state index is 0. The van der Waals surface area contributed by atoms with Gasteiger partial charge in [0.25, 0.3) is 0 Å². The van der Waals surface area contributed by atoms with Crippen molar-refractivity contribution in [1.29, 1.82) is 0 Å². The van der Waals surface area contributed by atoms with Crippen molar-refractivity contribution in [2.45, 2.75) is 189 Å². The van der Waals surface area contributed by atoms with E-state index >= 15 is 0 Å². The van der Waals surface area contributed by atoms with Crippen molar-refractivity contribution in [3.63, 3.8) is 0 Å². The van der Waals surface area contributed by atoms with E-state index < -0.39 is 5.97 Å². The molecule has 41 heavy (non-hydrogen) atoms. The van der Waals surface area contributed by atoms with Gasteiger partial charge in [-0.25, -0.2) is 0 Å². The quantitative estimate of drug-likeness (QED) is 0.111. The van der Waals surface area contributed by atoms with Gasteiger partial charge in [0.15, 0.2) is 0 Å². The molecule has 6 nitrogen and oxygen atoms in total. The van der Waals surface area contributed by atoms with Crippen LogP contribution in [-0.4, -0.2) is 37.5 Å². The van der Waals surface area contributed by atoms with Gasteiger partial charge in [0.1, 0.15) is 0 Å². The zero-order chi connectivity index (χ0) is 31.4. The standard InChI is InChI=1S/C18H36O2.4C4H9O.Zr/c1-2-3-4-5-6-7-8-9-10-11-12-13-14-15-16-17-18(19)20;4*1-2-3-4-5;/h2-17H2,1H3,(H,19,20);4*2-4H2,1H3;/q;4*-1;+4. The molecule has 0 amide bonds. The predicted octanol–water partition coefficient (Wildman–Crippen LogP) is 6.92. The Morgan fingerprint density at radius 1 is 0.390 bits per heavy atom. The summed E-state index contributed by atoms with van der Waals surface area (Å²) in [4.78, 5) is 10.3. The molecular weight excluding hydrogens is 596 g/mol. The summed E-state index contributed by atoms with van der Waals surface area (Å²) < 4.78 is 0. The molecule has 248 valence electrons. The molecule has 0 aromatic heterocycles. The molecule has 0 unspecified atom stereocenters. The fraction of sp³-hybridized carbons (Fsp3) is 0.971. The van der Waals surface area contributed by atoms with Crippen molar-refractivity contribution in [2.75, 3.05) is 26.4 Å². The normalized spacial score (nSPS) is 9.39. The van der Waals surface area contributed by atoms with E-state index in [1.165, 1.54) is 83.5 Å². The van der Waals surface area contributed by atoms with E-state index in [4.69, 9.17) is 5.11 Å². The van der Waals surface area contributed by atoms with Crippen molar-refractivity contribution in [3.05, 3.63) is 0 Å². The first-order valence-electron chi connectivity index (χ1n) is 17.0. The number of carbonyl (C=O) groups is 1. The number of aliphatic carboxylic acids is 1. The Labute approximate surface area is 276 Å². The summed E-state index contributed by atoms with van der Waals surface area (Å²) in [6.45, 7) is 10.7. The molecule has 7 heteroatoms. The molecule has 0 fully saturated rings. The Morgan fingerprint density at radius 3 is 0.732 bits per heavy atom. The van der Waals surface area contributed by atoms with Crippen LogP contribution < -0.4 is 20.4 Å². The topological polar surface area (TPSA) is 130 Å². The maximum absolute atomic E-state index is 10.3. The number of hydrogen-bond donors (Lipinski definition) is 1. The average molecular weight is 668 g/mol. The summed E-state index contributed by atoms with van der Waals surface area (Å²) in [5, 5.41) is 46.6. The van der Waals surface area contributed by atoms with Gasteiger partial charge >= 0.3 is 32.2 Å². The molecule has 0 aromatic carbocycles. The minimum atomic E-state index is -0.653. The second-order valence-electron chi connectivity index (χ2n) is 10.3. The number of hydrogen-bond acceptors (Lipinski definition) is 5. The molecule has 0 aliphatic heterocycles. The first-order chi connectivity index (χ1) is 19.4. The summed E-state index contributed by atoms with van der Waals surface area (Å²) in [7, 11) is 0. The van der Waals surface area contributed by atoms with E-state index in [0.29, 0.717) is 6.42 Å². The summed E-state index contributed by atoms with van der Waals surface area (Å²) >= 11 is 0. The molecule has 0 aliphatic carbocycles. The SMILES string of the molecule is CCCCCCCCCCCCCCCCCC(=O)O.CCCC[O-].CCCC[O-].CCCC[O-].CCCC[O-].[Zr+4]. The molecule has 0 heterocycles. The van der Waals surface area contributed by atoms with Crippen LogP contribution in [-0.2, 0) is 31.0 Å². The smallest absolute Gasteiger partial charge is 0.854 e. The Hall–Kier alpha value is 0.193. The molecule has 0 rings (SSSR count). The molecule has 0 bridgehead atoms. The molecule has 0 aromatic rings. The van der Waals surface area contributed by atoms with Crippen LogP contribution in [0.1, 0.15) is 189 Å². The van der Waals surface area contributed by atoms with Gasteiger partial charge in [0.2, 0.25) is 0 Å². The van der Waals surface area contributed by atoms with E-state index in [0.717, 1.165) is 64.2 Å². The van der Waals surface area contributed by atoms with E-state index in [1.807, 2.05) is 27.7 Å². The second kappa shape index (κ2) is 63.5. The van der Waals surface area contributed by atoms with Crippen LogP contribution >= 0.6 is 0 Å². The van der Waals surface area contributed by atoms with Gasteiger partial charge in [-0.1, -0.05) is 176 Å². The maximum Gasteiger partial charge on any atom is 4.00 e. The molecule has 1 N–H and O–H groups in total. The largest absolute Gasteiger partial charge is 4.00 e. The Kier molecular flexibility index (Phi) is 83.2. The van der Waals surface area contributed by atoms with E-state index in [2.05, 4.69) is 6.92 Å². The van der Waals surface area contributed by atoms with E-state index in [-0.39, 0.29) is 52.6 Å². The van der Waals surface area contributed by atoms with Crippen LogP contribution in [0.3, 0.4) is 0 Å². The van der Waals surface area contributed by atoms with Crippen LogP contribution in [0.5, 0.6) is 0 Å². The van der Waals surface area contributed by atoms with Crippen LogP contribution in [0, 0.1) is 0 Å². The summed E-state index contributed by atoms with van der Waals surface area (Å²) in [6.07, 6.45) is 27.7. The van der Waals surface area contributed by atoms with Gasteiger partial charge < -0.3 is 25.5 Å². The van der Waals surface area contributed by atoms with Gasteiger partial charge in [0, 0.05) is 6.42 Å². The molecule has 0 saturated heterocycles. The number of unbranched alkanes of at least 4 members (excludes halogenated alkanes) is 18. The monoisotopic (exact) mass is 666 g/mol. The zero-order valence-corrected chi connectivity index (χ0v) is 30.7. The van der Waals surface area contributed by atoms with Crippen LogP contribution in [0.25, 0.3) is 0 Å². The van der Waals surface area contributed by atoms with Crippen LogP contribution in [0.4, 0.5) is 0 Å². The van der Waals surface area contributed by atoms with Crippen molar-refractivity contribution in [2.24, 2.45) is 0 Å². The fourth-order valence-corrected chi connectivity index (χ4v) is 3.22. The van der Waals surface area contributed by atoms with E-state index in [1.54, 1.807) is 0 Å². The fourth-order valence-electron chi connectivity index (χ4n) is 3.22. The van der Waals surface area contributed by atoms with Crippen LogP contribution in [0.2, 0.25) is 0 Å². The summed E-state index contributed by atoms with van der Waals surface area (Å²) in [5.74, 6) is -0.653. The third-order valence-corrected chi connectivity index (χ3v) is 5.99. The van der Waals surface area contributed by atoms with Crippen molar-refractivity contribution < 1.29 is 56.5 Å². The average Bonchev–Trinajstić information content (AvgIpc) is 2.94. The molecule has 0 saturated carbocycles. The summed E-state index contributed by atoms with van der Waals surface area (Å²) in [5.41, 5.74) is 0. The predicted molar refractivity (Wildman–Crippen MR) is 166 cm³/mol. The van der Waals surface area contributed by atoms with Crippen molar-refractivity contribution >= 4 is 5.97 Å². The van der Waals surface area contributed by atoms with Gasteiger partial charge in [0.05, 0.1) is 0 Å². The number of rotatable bonds is 24. The number of carboxylic acids is 1.